The molecule has 2 unspecified atom stereocenters. The monoisotopic (exact) mass is 295 g/mol. The molecular formula is C15H25N3O3. The van der Waals surface area contributed by atoms with Crippen LogP contribution in [-0.4, -0.2) is 42.0 Å². The van der Waals surface area contributed by atoms with Crippen LogP contribution in [0.1, 0.15) is 31.4 Å². The van der Waals surface area contributed by atoms with Gasteiger partial charge in [0, 0.05) is 39.1 Å². The van der Waals surface area contributed by atoms with Crippen molar-refractivity contribution >= 4 is 5.84 Å². The van der Waals surface area contributed by atoms with Gasteiger partial charge in [0.1, 0.15) is 5.84 Å². The first-order chi connectivity index (χ1) is 9.98. The number of nitrogens with two attached hydrogens (primary N) is 1. The number of hydrogen-bond acceptors (Lipinski definition) is 5. The topological polar surface area (TPSA) is 100 Å². The first-order valence-corrected chi connectivity index (χ1v) is 6.94. The van der Waals surface area contributed by atoms with Crippen LogP contribution in [0.25, 0.3) is 0 Å². The van der Waals surface area contributed by atoms with Gasteiger partial charge < -0.3 is 26.1 Å². The Labute approximate surface area is 125 Å². The molecule has 0 saturated heterocycles. The van der Waals surface area contributed by atoms with Crippen molar-refractivity contribution in [3.8, 4) is 0 Å². The summed E-state index contributed by atoms with van der Waals surface area (Å²) in [6.07, 6.45) is 0.891. The number of hydrogen-bond donors (Lipinski definition) is 4. The third kappa shape index (κ3) is 6.57. The van der Waals surface area contributed by atoms with Crippen LogP contribution in [0, 0.1) is 0 Å². The highest BCUT2D eigenvalue weighted by molar-refractivity contribution is 5.80. The van der Waals surface area contributed by atoms with Gasteiger partial charge in [0.15, 0.2) is 0 Å². The maximum absolute atomic E-state index is 10.3. The van der Waals surface area contributed by atoms with Crippen molar-refractivity contribution < 1.29 is 15.1 Å². The largest absolute Gasteiger partial charge is 0.409 e. The van der Waals surface area contributed by atoms with Gasteiger partial charge in [-0.05, 0) is 12.5 Å². The summed E-state index contributed by atoms with van der Waals surface area (Å²) in [5.74, 6) is 0.146. The highest BCUT2D eigenvalue weighted by Gasteiger charge is 2.22. The van der Waals surface area contributed by atoms with Gasteiger partial charge in [-0.3, -0.25) is 0 Å². The number of rotatable bonds is 9. The van der Waals surface area contributed by atoms with Crippen molar-refractivity contribution in [2.24, 2.45) is 10.9 Å². The van der Waals surface area contributed by atoms with E-state index >= 15 is 0 Å². The Hall–Kier alpha value is -1.63. The first-order valence-electron chi connectivity index (χ1n) is 6.94. The van der Waals surface area contributed by atoms with E-state index in [1.54, 1.807) is 14.0 Å². The van der Waals surface area contributed by atoms with Crippen molar-refractivity contribution in [3.05, 3.63) is 35.9 Å². The van der Waals surface area contributed by atoms with E-state index in [2.05, 4.69) is 10.5 Å². The van der Waals surface area contributed by atoms with Crippen LogP contribution in [0.15, 0.2) is 35.5 Å². The van der Waals surface area contributed by atoms with Crippen LogP contribution in [0.5, 0.6) is 0 Å². The molecule has 0 heterocycles. The molecule has 118 valence electrons. The van der Waals surface area contributed by atoms with Gasteiger partial charge in [0.2, 0.25) is 0 Å². The summed E-state index contributed by atoms with van der Waals surface area (Å²) < 4.78 is 4.99. The summed E-state index contributed by atoms with van der Waals surface area (Å²) in [6.45, 7) is 2.63. The number of amidine groups is 1. The quantitative estimate of drug-likeness (QED) is 0.238. The number of methoxy groups -OCH3 is 1. The van der Waals surface area contributed by atoms with E-state index in [1.165, 1.54) is 0 Å². The van der Waals surface area contributed by atoms with E-state index < -0.39 is 5.60 Å². The molecule has 0 aliphatic heterocycles. The third-order valence-electron chi connectivity index (χ3n) is 3.32. The maximum Gasteiger partial charge on any atom is 0.141 e. The first kappa shape index (κ1) is 17.4. The molecule has 5 N–H and O–H groups in total. The van der Waals surface area contributed by atoms with Gasteiger partial charge in [-0.2, -0.15) is 0 Å². The summed E-state index contributed by atoms with van der Waals surface area (Å²) in [5.41, 5.74) is 5.75. The fraction of sp³-hybridized carbons (Fsp3) is 0.533. The SMILES string of the molecule is COCCC(C)(O)CNC(C/C(N)=N/O)c1ccccc1. The number of oxime groups is 1. The Morgan fingerprint density at radius 1 is 1.43 bits per heavy atom. The highest BCUT2D eigenvalue weighted by atomic mass is 16.5. The summed E-state index contributed by atoms with van der Waals surface area (Å²) >= 11 is 0. The average molecular weight is 295 g/mol. The highest BCUT2D eigenvalue weighted by Crippen LogP contribution is 2.18. The molecule has 0 fully saturated rings. The predicted octanol–water partition coefficient (Wildman–Crippen LogP) is 1.24. The third-order valence-corrected chi connectivity index (χ3v) is 3.32. The summed E-state index contributed by atoms with van der Waals surface area (Å²) in [6, 6.07) is 9.59. The molecule has 1 aromatic rings. The lowest BCUT2D eigenvalue weighted by molar-refractivity contribution is 0.0228. The van der Waals surface area contributed by atoms with Gasteiger partial charge in [-0.15, -0.1) is 0 Å². The van der Waals surface area contributed by atoms with E-state index in [4.69, 9.17) is 15.7 Å². The van der Waals surface area contributed by atoms with Crippen molar-refractivity contribution in [3.63, 3.8) is 0 Å². The molecule has 0 spiro atoms. The number of aliphatic hydroxyl groups is 1. The lowest BCUT2D eigenvalue weighted by atomic mass is 9.99. The van der Waals surface area contributed by atoms with E-state index in [9.17, 15) is 5.11 Å². The van der Waals surface area contributed by atoms with Crippen LogP contribution in [0.4, 0.5) is 0 Å². The standard InChI is InChI=1S/C15H25N3O3/c1-15(19,8-9-21-2)11-17-13(10-14(16)18-20)12-6-4-3-5-7-12/h3-7,13,17,19-20H,8-11H2,1-2H3,(H2,16,18). The van der Waals surface area contributed by atoms with Gasteiger partial charge >= 0.3 is 0 Å². The fourth-order valence-electron chi connectivity index (χ4n) is 2.00. The summed E-state index contributed by atoms with van der Waals surface area (Å²) in [5, 5.41) is 25.3. The van der Waals surface area contributed by atoms with Crippen LogP contribution in [0.2, 0.25) is 0 Å². The molecule has 0 amide bonds. The van der Waals surface area contributed by atoms with Gasteiger partial charge in [0.05, 0.1) is 5.60 Å². The zero-order chi connectivity index (χ0) is 15.7. The van der Waals surface area contributed by atoms with Crippen LogP contribution in [0.3, 0.4) is 0 Å². The smallest absolute Gasteiger partial charge is 0.141 e. The minimum absolute atomic E-state index is 0.129. The summed E-state index contributed by atoms with van der Waals surface area (Å²) in [4.78, 5) is 0. The molecule has 21 heavy (non-hydrogen) atoms. The molecule has 0 aromatic heterocycles. The number of ether oxygens (including phenoxy) is 1. The normalized spacial score (nSPS) is 16.4. The number of nitrogens with one attached hydrogen (secondary N) is 1. The average Bonchev–Trinajstić information content (AvgIpc) is 2.50. The van der Waals surface area contributed by atoms with Crippen molar-refractivity contribution in [2.45, 2.75) is 31.4 Å². The zero-order valence-electron chi connectivity index (χ0n) is 12.6. The Bertz CT molecular complexity index is 435. The molecule has 1 aromatic carbocycles. The summed E-state index contributed by atoms with van der Waals surface area (Å²) in [7, 11) is 1.61. The molecule has 0 aliphatic rings. The van der Waals surface area contributed by atoms with Gasteiger partial charge in [0.25, 0.3) is 0 Å². The Kier molecular flexibility index (Phi) is 7.14. The van der Waals surface area contributed by atoms with E-state index in [1.807, 2.05) is 30.3 Å². The van der Waals surface area contributed by atoms with Gasteiger partial charge in [-0.25, -0.2) is 0 Å². The molecule has 6 nitrogen and oxygen atoms in total. The molecule has 0 radical (unpaired) electrons. The molecule has 0 bridgehead atoms. The lowest BCUT2D eigenvalue weighted by Crippen LogP contribution is -2.41. The zero-order valence-corrected chi connectivity index (χ0v) is 12.6. The minimum atomic E-state index is -0.881. The Morgan fingerprint density at radius 2 is 2.10 bits per heavy atom. The second kappa shape index (κ2) is 8.61. The molecule has 6 heteroatoms. The number of benzene rings is 1. The van der Waals surface area contributed by atoms with Crippen LogP contribution >= 0.6 is 0 Å². The van der Waals surface area contributed by atoms with Crippen LogP contribution in [-0.2, 0) is 4.74 Å². The lowest BCUT2D eigenvalue weighted by Gasteiger charge is -2.27. The van der Waals surface area contributed by atoms with Crippen molar-refractivity contribution in [2.75, 3.05) is 20.3 Å². The Balaban J connectivity index is 2.70. The van der Waals surface area contributed by atoms with Gasteiger partial charge in [-0.1, -0.05) is 35.5 Å². The van der Waals surface area contributed by atoms with E-state index in [0.29, 0.717) is 26.0 Å². The molecular weight excluding hydrogens is 270 g/mol. The molecule has 1 rings (SSSR count). The van der Waals surface area contributed by atoms with E-state index in [-0.39, 0.29) is 11.9 Å². The minimum Gasteiger partial charge on any atom is -0.409 e. The van der Waals surface area contributed by atoms with Crippen LogP contribution < -0.4 is 11.1 Å². The second-order valence-corrected chi connectivity index (χ2v) is 5.38. The Morgan fingerprint density at radius 3 is 2.67 bits per heavy atom. The second-order valence-electron chi connectivity index (χ2n) is 5.38. The predicted molar refractivity (Wildman–Crippen MR) is 82.3 cm³/mol. The van der Waals surface area contributed by atoms with Crippen molar-refractivity contribution in [1.82, 2.24) is 5.32 Å². The van der Waals surface area contributed by atoms with Crippen molar-refractivity contribution in [1.29, 1.82) is 0 Å². The molecule has 0 saturated carbocycles. The van der Waals surface area contributed by atoms with E-state index in [0.717, 1.165) is 5.56 Å². The maximum atomic E-state index is 10.3. The fourth-order valence-corrected chi connectivity index (χ4v) is 2.00. The molecule has 0 aliphatic carbocycles. The molecule has 2 atom stereocenters. The number of nitrogens with zero attached hydrogens (tertiary/aromatic N) is 1.